The Bertz CT molecular complexity index is 1360. The highest BCUT2D eigenvalue weighted by molar-refractivity contribution is 7.92. The first-order chi connectivity index (χ1) is 17.1. The number of halogens is 2. The third kappa shape index (κ3) is 6.49. The summed E-state index contributed by atoms with van der Waals surface area (Å²) in [7, 11) is -3.85. The largest absolute Gasteiger partial charge is 0.355 e. The lowest BCUT2D eigenvalue weighted by Crippen LogP contribution is -2.52. The molecule has 0 bridgehead atoms. The molecule has 0 aliphatic carbocycles. The van der Waals surface area contributed by atoms with Crippen LogP contribution in [0.2, 0.25) is 10.0 Å². The van der Waals surface area contributed by atoms with Crippen molar-refractivity contribution < 1.29 is 18.0 Å². The molecule has 0 fully saturated rings. The molecule has 0 aliphatic heterocycles. The summed E-state index contributed by atoms with van der Waals surface area (Å²) in [6.07, 6.45) is 1.39. The predicted molar refractivity (Wildman–Crippen MR) is 146 cm³/mol. The Hall–Kier alpha value is -2.81. The van der Waals surface area contributed by atoms with Crippen LogP contribution in [-0.4, -0.2) is 50.5 Å². The number of anilines is 1. The SMILES string of the molecule is CCNC(=O)C(CC)N(Cc1ccc(Cl)cc1Cl)C(=O)CN(c1cccc2ccccc12)S(C)(=O)=O. The first-order valence-corrected chi connectivity index (χ1v) is 14.1. The summed E-state index contributed by atoms with van der Waals surface area (Å²) < 4.78 is 26.9. The van der Waals surface area contributed by atoms with E-state index in [1.165, 1.54) is 4.90 Å². The summed E-state index contributed by atoms with van der Waals surface area (Å²) in [6, 6.07) is 16.7. The van der Waals surface area contributed by atoms with Gasteiger partial charge in [0.2, 0.25) is 21.8 Å². The lowest BCUT2D eigenvalue weighted by atomic mass is 10.1. The summed E-state index contributed by atoms with van der Waals surface area (Å²) in [5, 5.41) is 5.09. The van der Waals surface area contributed by atoms with Gasteiger partial charge in [-0.3, -0.25) is 13.9 Å². The molecule has 10 heteroatoms. The number of amides is 2. The first kappa shape index (κ1) is 27.8. The molecule has 3 aromatic carbocycles. The molecule has 2 amide bonds. The van der Waals surface area contributed by atoms with Gasteiger partial charge >= 0.3 is 0 Å². The Balaban J connectivity index is 2.05. The van der Waals surface area contributed by atoms with E-state index in [0.717, 1.165) is 15.9 Å². The van der Waals surface area contributed by atoms with E-state index in [-0.39, 0.29) is 12.5 Å². The molecule has 192 valence electrons. The zero-order valence-corrected chi connectivity index (χ0v) is 22.7. The van der Waals surface area contributed by atoms with Gasteiger partial charge in [0.05, 0.1) is 11.9 Å². The van der Waals surface area contributed by atoms with Gasteiger partial charge in [0.25, 0.3) is 0 Å². The molecular weight excluding hydrogens is 521 g/mol. The van der Waals surface area contributed by atoms with E-state index < -0.39 is 28.5 Å². The lowest BCUT2D eigenvalue weighted by Gasteiger charge is -2.33. The van der Waals surface area contributed by atoms with E-state index in [0.29, 0.717) is 39.6 Å². The number of benzene rings is 3. The predicted octanol–water partition coefficient (Wildman–Crippen LogP) is 4.86. The molecule has 3 rings (SSSR count). The van der Waals surface area contributed by atoms with Crippen LogP contribution in [-0.2, 0) is 26.2 Å². The van der Waals surface area contributed by atoms with Crippen LogP contribution >= 0.6 is 23.2 Å². The quantitative estimate of drug-likeness (QED) is 0.391. The highest BCUT2D eigenvalue weighted by Crippen LogP contribution is 2.29. The topological polar surface area (TPSA) is 86.8 Å². The van der Waals surface area contributed by atoms with Crippen LogP contribution in [0, 0.1) is 0 Å². The van der Waals surface area contributed by atoms with E-state index >= 15 is 0 Å². The van der Waals surface area contributed by atoms with E-state index in [1.807, 2.05) is 30.3 Å². The van der Waals surface area contributed by atoms with Gasteiger partial charge in [0, 0.05) is 28.5 Å². The van der Waals surface area contributed by atoms with Gasteiger partial charge in [-0.15, -0.1) is 0 Å². The second-order valence-electron chi connectivity index (χ2n) is 8.34. The highest BCUT2D eigenvalue weighted by Gasteiger charge is 2.32. The van der Waals surface area contributed by atoms with Crippen molar-refractivity contribution >= 4 is 61.5 Å². The summed E-state index contributed by atoms with van der Waals surface area (Å²) in [5.41, 5.74) is 0.979. The fourth-order valence-electron chi connectivity index (χ4n) is 4.07. The second kappa shape index (κ2) is 12.0. The van der Waals surface area contributed by atoms with Crippen molar-refractivity contribution in [3.05, 3.63) is 76.3 Å². The summed E-state index contributed by atoms with van der Waals surface area (Å²) in [4.78, 5) is 28.0. The number of fused-ring (bicyclic) bond motifs is 1. The highest BCUT2D eigenvalue weighted by atomic mass is 35.5. The third-order valence-electron chi connectivity index (χ3n) is 5.81. The molecule has 1 unspecified atom stereocenters. The maximum absolute atomic E-state index is 13.8. The van der Waals surface area contributed by atoms with E-state index in [4.69, 9.17) is 23.2 Å². The first-order valence-electron chi connectivity index (χ1n) is 11.5. The van der Waals surface area contributed by atoms with Gasteiger partial charge < -0.3 is 10.2 Å². The molecule has 0 radical (unpaired) electrons. The number of carbonyl (C=O) groups is 2. The van der Waals surface area contributed by atoms with Crippen molar-refractivity contribution in [3.8, 4) is 0 Å². The molecule has 3 aromatic rings. The number of nitrogens with zero attached hydrogens (tertiary/aromatic N) is 2. The van der Waals surface area contributed by atoms with Crippen molar-refractivity contribution in [1.82, 2.24) is 10.2 Å². The molecule has 0 spiro atoms. The molecule has 0 aliphatic rings. The van der Waals surface area contributed by atoms with Crippen LogP contribution in [0.25, 0.3) is 10.8 Å². The maximum Gasteiger partial charge on any atom is 0.244 e. The van der Waals surface area contributed by atoms with Crippen LogP contribution in [0.1, 0.15) is 25.8 Å². The van der Waals surface area contributed by atoms with Crippen LogP contribution in [0.4, 0.5) is 5.69 Å². The third-order valence-corrected chi connectivity index (χ3v) is 7.52. The maximum atomic E-state index is 13.8. The average Bonchev–Trinajstić information content (AvgIpc) is 2.82. The molecule has 1 atom stereocenters. The van der Waals surface area contributed by atoms with Crippen LogP contribution in [0.15, 0.2) is 60.7 Å². The Labute approximate surface area is 222 Å². The Morgan fingerprint density at radius 2 is 1.69 bits per heavy atom. The van der Waals surface area contributed by atoms with Gasteiger partial charge in [-0.05, 0) is 42.5 Å². The van der Waals surface area contributed by atoms with Crippen LogP contribution in [0.5, 0.6) is 0 Å². The van der Waals surface area contributed by atoms with E-state index in [9.17, 15) is 18.0 Å². The number of carbonyl (C=O) groups excluding carboxylic acids is 2. The van der Waals surface area contributed by atoms with Crippen molar-refractivity contribution in [2.75, 3.05) is 23.7 Å². The summed E-state index contributed by atoms with van der Waals surface area (Å²) >= 11 is 12.4. The molecule has 36 heavy (non-hydrogen) atoms. The molecule has 0 saturated heterocycles. The molecule has 0 saturated carbocycles. The van der Waals surface area contributed by atoms with E-state index in [1.54, 1.807) is 44.2 Å². The van der Waals surface area contributed by atoms with Crippen molar-refractivity contribution in [2.45, 2.75) is 32.9 Å². The zero-order chi connectivity index (χ0) is 26.5. The summed E-state index contributed by atoms with van der Waals surface area (Å²) in [6.45, 7) is 3.51. The Morgan fingerprint density at radius 1 is 1.00 bits per heavy atom. The Morgan fingerprint density at radius 3 is 2.33 bits per heavy atom. The normalized spacial score (nSPS) is 12.2. The summed E-state index contributed by atoms with van der Waals surface area (Å²) in [5.74, 6) is -0.855. The van der Waals surface area contributed by atoms with Crippen molar-refractivity contribution in [2.24, 2.45) is 0 Å². The minimum Gasteiger partial charge on any atom is -0.355 e. The fourth-order valence-corrected chi connectivity index (χ4v) is 5.40. The minimum absolute atomic E-state index is 0.0115. The number of nitrogens with one attached hydrogen (secondary N) is 1. The smallest absolute Gasteiger partial charge is 0.244 e. The monoisotopic (exact) mass is 549 g/mol. The molecular formula is C26H29Cl2N3O4S. The fraction of sp³-hybridized carbons (Fsp3) is 0.308. The number of sulfonamides is 1. The standard InChI is InChI=1S/C26H29Cl2N3O4S/c1-4-23(26(33)29-5-2)30(16-19-13-14-20(27)15-22(19)28)25(32)17-31(36(3,34)35)24-12-8-10-18-9-6-7-11-21(18)24/h6-15,23H,4-5,16-17H2,1-3H3,(H,29,33). The van der Waals surface area contributed by atoms with Crippen molar-refractivity contribution in [3.63, 3.8) is 0 Å². The lowest BCUT2D eigenvalue weighted by molar-refractivity contribution is -0.140. The van der Waals surface area contributed by atoms with Gasteiger partial charge in [-0.2, -0.15) is 0 Å². The molecule has 7 nitrogen and oxygen atoms in total. The Kier molecular flexibility index (Phi) is 9.22. The van der Waals surface area contributed by atoms with Crippen molar-refractivity contribution in [1.29, 1.82) is 0 Å². The number of likely N-dealkylation sites (N-methyl/N-ethyl adjacent to an activating group) is 1. The van der Waals surface area contributed by atoms with Crippen LogP contribution < -0.4 is 9.62 Å². The number of hydrogen-bond donors (Lipinski definition) is 1. The van der Waals surface area contributed by atoms with E-state index in [2.05, 4.69) is 5.32 Å². The van der Waals surface area contributed by atoms with Gasteiger partial charge in [0.1, 0.15) is 12.6 Å². The van der Waals surface area contributed by atoms with Gasteiger partial charge in [-0.1, -0.05) is 72.6 Å². The molecule has 0 heterocycles. The van der Waals surface area contributed by atoms with Crippen LogP contribution in [0.3, 0.4) is 0 Å². The number of hydrogen-bond acceptors (Lipinski definition) is 4. The minimum atomic E-state index is -3.85. The van der Waals surface area contributed by atoms with Gasteiger partial charge in [0.15, 0.2) is 0 Å². The average molecular weight is 551 g/mol. The zero-order valence-electron chi connectivity index (χ0n) is 20.4. The number of rotatable bonds is 10. The molecule has 1 N–H and O–H groups in total. The molecule has 0 aromatic heterocycles. The van der Waals surface area contributed by atoms with Gasteiger partial charge in [-0.25, -0.2) is 8.42 Å². The second-order valence-corrected chi connectivity index (χ2v) is 11.1.